The predicted molar refractivity (Wildman–Crippen MR) is 70.8 cm³/mol. The van der Waals surface area contributed by atoms with Gasteiger partial charge in [0.2, 0.25) is 0 Å². The second-order valence-corrected chi connectivity index (χ2v) is 4.39. The van der Waals surface area contributed by atoms with Gasteiger partial charge < -0.3 is 4.74 Å². The van der Waals surface area contributed by atoms with Crippen LogP contribution < -0.4 is 4.74 Å². The first kappa shape index (κ1) is 13.8. The van der Waals surface area contributed by atoms with Gasteiger partial charge in [-0.1, -0.05) is 11.6 Å². The summed E-state index contributed by atoms with van der Waals surface area (Å²) in [7, 11) is 1.53. The van der Waals surface area contributed by atoms with Crippen molar-refractivity contribution in [3.8, 4) is 17.7 Å². The highest BCUT2D eigenvalue weighted by Crippen LogP contribution is 2.36. The van der Waals surface area contributed by atoms with E-state index in [4.69, 9.17) is 21.6 Å². The van der Waals surface area contributed by atoms with Crippen molar-refractivity contribution < 1.29 is 9.66 Å². The number of aryl methyl sites for hydroxylation is 2. The van der Waals surface area contributed by atoms with E-state index >= 15 is 0 Å². The number of rotatable bonds is 3. The average molecular weight is 293 g/mol. The van der Waals surface area contributed by atoms with Crippen LogP contribution in [0.15, 0.2) is 18.2 Å². The molecule has 0 saturated carbocycles. The number of nitro groups is 1. The normalized spacial score (nSPS) is 10.1. The summed E-state index contributed by atoms with van der Waals surface area (Å²) in [5.74, 6) is 0.205. The highest BCUT2D eigenvalue weighted by atomic mass is 35.5. The second-order valence-electron chi connectivity index (χ2n) is 3.98. The lowest BCUT2D eigenvalue weighted by molar-refractivity contribution is -0.386. The van der Waals surface area contributed by atoms with Crippen LogP contribution in [0.25, 0.3) is 0 Å². The number of halogens is 1. The number of aromatic nitrogens is 2. The van der Waals surface area contributed by atoms with Crippen LogP contribution in [-0.4, -0.2) is 14.7 Å². The third-order valence-corrected chi connectivity index (χ3v) is 2.88. The minimum Gasteiger partial charge on any atom is -0.432 e. The molecule has 0 radical (unpaired) electrons. The zero-order chi connectivity index (χ0) is 14.9. The summed E-state index contributed by atoms with van der Waals surface area (Å²) in [6.07, 6.45) is 0. The smallest absolute Gasteiger partial charge is 0.353 e. The van der Waals surface area contributed by atoms with Crippen LogP contribution in [0.3, 0.4) is 0 Å². The number of hydrogen-bond acceptors (Lipinski definition) is 5. The van der Waals surface area contributed by atoms with E-state index in [1.165, 1.54) is 36.9 Å². The van der Waals surface area contributed by atoms with Gasteiger partial charge in [-0.25, -0.2) is 4.68 Å². The SMILES string of the molecule is Cc1nn(C)c(Oc2ccc(C#N)cc2Cl)c1[N+](=O)[O-]. The summed E-state index contributed by atoms with van der Waals surface area (Å²) in [5.41, 5.74) is 0.406. The predicted octanol–water partition coefficient (Wildman–Crippen LogP) is 2.95. The maximum atomic E-state index is 11.0. The number of benzene rings is 1. The van der Waals surface area contributed by atoms with Gasteiger partial charge in [0, 0.05) is 7.05 Å². The molecule has 0 fully saturated rings. The van der Waals surface area contributed by atoms with Crippen LogP contribution in [0.2, 0.25) is 5.02 Å². The molecule has 0 aliphatic carbocycles. The van der Waals surface area contributed by atoms with Gasteiger partial charge in [-0.15, -0.1) is 0 Å². The second kappa shape index (κ2) is 5.19. The Bertz CT molecular complexity index is 733. The first-order valence-electron chi connectivity index (χ1n) is 5.49. The van der Waals surface area contributed by atoms with E-state index in [0.29, 0.717) is 5.56 Å². The fourth-order valence-corrected chi connectivity index (χ4v) is 1.93. The molecule has 1 aromatic carbocycles. The molecule has 102 valence electrons. The number of ether oxygens (including phenoxy) is 1. The molecular weight excluding hydrogens is 284 g/mol. The minimum absolute atomic E-state index is 0.0147. The molecule has 2 aromatic rings. The van der Waals surface area contributed by atoms with Crippen molar-refractivity contribution >= 4 is 17.3 Å². The third kappa shape index (κ3) is 2.41. The van der Waals surface area contributed by atoms with Gasteiger partial charge in [-0.2, -0.15) is 10.4 Å². The van der Waals surface area contributed by atoms with Gasteiger partial charge in [-0.3, -0.25) is 10.1 Å². The summed E-state index contributed by atoms with van der Waals surface area (Å²) in [6.45, 7) is 1.52. The largest absolute Gasteiger partial charge is 0.432 e. The molecule has 2 rings (SSSR count). The van der Waals surface area contributed by atoms with E-state index in [0.717, 1.165) is 0 Å². The molecule has 0 N–H and O–H groups in total. The molecule has 1 aromatic heterocycles. The molecule has 0 aliphatic rings. The molecule has 7 nitrogen and oxygen atoms in total. The fraction of sp³-hybridized carbons (Fsp3) is 0.167. The summed E-state index contributed by atoms with van der Waals surface area (Å²) in [4.78, 5) is 10.5. The monoisotopic (exact) mass is 292 g/mol. The van der Waals surface area contributed by atoms with E-state index in [2.05, 4.69) is 5.10 Å². The van der Waals surface area contributed by atoms with Crippen molar-refractivity contribution in [1.82, 2.24) is 9.78 Å². The first-order valence-corrected chi connectivity index (χ1v) is 5.87. The van der Waals surface area contributed by atoms with E-state index < -0.39 is 4.92 Å². The van der Waals surface area contributed by atoms with Gasteiger partial charge in [0.25, 0.3) is 5.88 Å². The van der Waals surface area contributed by atoms with Crippen LogP contribution >= 0.6 is 11.6 Å². The molecule has 0 saturated heterocycles. The summed E-state index contributed by atoms with van der Waals surface area (Å²) < 4.78 is 6.74. The quantitative estimate of drug-likeness (QED) is 0.640. The molecule has 1 heterocycles. The van der Waals surface area contributed by atoms with Gasteiger partial charge >= 0.3 is 5.69 Å². The Balaban J connectivity index is 2.46. The third-order valence-electron chi connectivity index (χ3n) is 2.59. The lowest BCUT2D eigenvalue weighted by Gasteiger charge is -2.07. The van der Waals surface area contributed by atoms with E-state index in [-0.39, 0.29) is 28.0 Å². The van der Waals surface area contributed by atoms with Gasteiger partial charge in [0.1, 0.15) is 11.4 Å². The van der Waals surface area contributed by atoms with Crippen LogP contribution in [-0.2, 0) is 7.05 Å². The Labute approximate surface area is 119 Å². The molecule has 0 aliphatic heterocycles. The Morgan fingerprint density at radius 2 is 2.25 bits per heavy atom. The van der Waals surface area contributed by atoms with Crippen LogP contribution in [0.1, 0.15) is 11.3 Å². The minimum atomic E-state index is -0.560. The molecule has 0 atom stereocenters. The van der Waals surface area contributed by atoms with E-state index in [9.17, 15) is 10.1 Å². The molecule has 8 heteroatoms. The van der Waals surface area contributed by atoms with Crippen LogP contribution in [0, 0.1) is 28.4 Å². The van der Waals surface area contributed by atoms with Gasteiger partial charge in [-0.05, 0) is 25.1 Å². The highest BCUT2D eigenvalue weighted by Gasteiger charge is 2.26. The Hall–Kier alpha value is -2.59. The van der Waals surface area contributed by atoms with Gasteiger partial charge in [0.05, 0.1) is 21.6 Å². The van der Waals surface area contributed by atoms with Crippen molar-refractivity contribution in [3.05, 3.63) is 44.6 Å². The topological polar surface area (TPSA) is 94.0 Å². The van der Waals surface area contributed by atoms with E-state index in [1.807, 2.05) is 6.07 Å². The van der Waals surface area contributed by atoms with Crippen LogP contribution in [0.5, 0.6) is 11.6 Å². The van der Waals surface area contributed by atoms with Crippen LogP contribution in [0.4, 0.5) is 5.69 Å². The summed E-state index contributed by atoms with van der Waals surface area (Å²) in [5, 5.41) is 23.9. The summed E-state index contributed by atoms with van der Waals surface area (Å²) >= 11 is 5.97. The zero-order valence-electron chi connectivity index (χ0n) is 10.6. The fourth-order valence-electron chi connectivity index (χ4n) is 1.71. The number of nitrogens with zero attached hydrogens (tertiary/aromatic N) is 4. The van der Waals surface area contributed by atoms with Crippen molar-refractivity contribution in [2.24, 2.45) is 7.05 Å². The molecule has 0 amide bonds. The Morgan fingerprint density at radius 3 is 2.80 bits per heavy atom. The van der Waals surface area contributed by atoms with Crippen molar-refractivity contribution in [2.45, 2.75) is 6.92 Å². The number of hydrogen-bond donors (Lipinski definition) is 0. The van der Waals surface area contributed by atoms with Gasteiger partial charge in [0.15, 0.2) is 0 Å². The number of nitriles is 1. The lowest BCUT2D eigenvalue weighted by atomic mass is 10.2. The van der Waals surface area contributed by atoms with Crippen molar-refractivity contribution in [2.75, 3.05) is 0 Å². The maximum Gasteiger partial charge on any atom is 0.353 e. The van der Waals surface area contributed by atoms with Crippen molar-refractivity contribution in [1.29, 1.82) is 5.26 Å². The standard InChI is InChI=1S/C12H9ClN4O3/c1-7-11(17(18)19)12(16(2)15-7)20-10-4-3-8(6-14)5-9(10)13/h3-5H,1-2H3. The maximum absolute atomic E-state index is 11.0. The molecule has 0 spiro atoms. The zero-order valence-corrected chi connectivity index (χ0v) is 11.4. The molecule has 0 unspecified atom stereocenters. The Kier molecular flexibility index (Phi) is 3.59. The first-order chi connectivity index (χ1) is 9.43. The van der Waals surface area contributed by atoms with Crippen molar-refractivity contribution in [3.63, 3.8) is 0 Å². The van der Waals surface area contributed by atoms with E-state index in [1.54, 1.807) is 0 Å². The molecule has 20 heavy (non-hydrogen) atoms. The summed E-state index contributed by atoms with van der Waals surface area (Å²) in [6, 6.07) is 6.35. The molecular formula is C12H9ClN4O3. The lowest BCUT2D eigenvalue weighted by Crippen LogP contribution is -1.98. The average Bonchev–Trinajstić information content (AvgIpc) is 2.66. The molecule has 0 bridgehead atoms. The Morgan fingerprint density at radius 1 is 1.55 bits per heavy atom. The highest BCUT2D eigenvalue weighted by molar-refractivity contribution is 6.32.